The summed E-state index contributed by atoms with van der Waals surface area (Å²) in [5.41, 5.74) is -0.0379. The minimum atomic E-state index is -0.813. The third kappa shape index (κ3) is 2.49. The first-order valence-corrected chi connectivity index (χ1v) is 6.54. The fourth-order valence-corrected chi connectivity index (χ4v) is 2.34. The van der Waals surface area contributed by atoms with Crippen molar-refractivity contribution in [2.45, 2.75) is 38.2 Å². The van der Waals surface area contributed by atoms with Gasteiger partial charge in [-0.3, -0.25) is 4.79 Å². The summed E-state index contributed by atoms with van der Waals surface area (Å²) in [5, 5.41) is 5.90. The molecule has 8 nitrogen and oxygen atoms in total. The first kappa shape index (κ1) is 12.6. The van der Waals surface area contributed by atoms with E-state index in [2.05, 4.69) is 20.2 Å². The van der Waals surface area contributed by atoms with Gasteiger partial charge in [0, 0.05) is 0 Å². The van der Waals surface area contributed by atoms with Gasteiger partial charge < -0.3 is 14.5 Å². The number of ether oxygens (including phenoxy) is 2. The quantitative estimate of drug-likeness (QED) is 0.805. The second-order valence-corrected chi connectivity index (χ2v) is 4.71. The summed E-state index contributed by atoms with van der Waals surface area (Å²) in [6, 6.07) is 0. The fourth-order valence-electron chi connectivity index (χ4n) is 2.34. The molecule has 0 aliphatic heterocycles. The Morgan fingerprint density at radius 3 is 2.90 bits per heavy atom. The van der Waals surface area contributed by atoms with Crippen LogP contribution in [-0.4, -0.2) is 32.4 Å². The molecule has 1 saturated carbocycles. The maximum absolute atomic E-state index is 11.7. The van der Waals surface area contributed by atoms with Crippen LogP contribution in [0.3, 0.4) is 0 Å². The molecule has 0 bridgehead atoms. The van der Waals surface area contributed by atoms with Crippen molar-refractivity contribution in [2.75, 3.05) is 0 Å². The van der Waals surface area contributed by atoms with Gasteiger partial charge in [0.1, 0.15) is 11.6 Å². The van der Waals surface area contributed by atoms with Crippen LogP contribution in [-0.2, 0) is 4.74 Å². The van der Waals surface area contributed by atoms with Gasteiger partial charge in [-0.2, -0.15) is 0 Å². The zero-order valence-electron chi connectivity index (χ0n) is 10.7. The second kappa shape index (κ2) is 5.32. The molecule has 1 aliphatic rings. The van der Waals surface area contributed by atoms with Gasteiger partial charge in [0.25, 0.3) is 11.4 Å². The highest BCUT2D eigenvalue weighted by Gasteiger charge is 2.21. The number of fused-ring (bicyclic) bond motifs is 1. The van der Waals surface area contributed by atoms with Crippen LogP contribution in [0.4, 0.5) is 4.79 Å². The Balaban J connectivity index is 1.72. The van der Waals surface area contributed by atoms with Crippen LogP contribution in [0.1, 0.15) is 32.1 Å². The number of nitrogens with one attached hydrogen (secondary N) is 2. The number of carbonyl (C=O) groups is 1. The zero-order valence-corrected chi connectivity index (χ0v) is 10.7. The van der Waals surface area contributed by atoms with E-state index in [1.54, 1.807) is 0 Å². The minimum Gasteiger partial charge on any atom is -0.431 e. The standard InChI is InChI=1S/C12H14N4O4/c17-10-8-9(14-6-13-8)11(16-15-10)20-12(18)19-7-4-2-1-3-5-7/h6-7H,1-5H2,(H,13,14)(H,15,17). The smallest absolute Gasteiger partial charge is 0.431 e. The van der Waals surface area contributed by atoms with Crippen LogP contribution in [0.2, 0.25) is 0 Å². The van der Waals surface area contributed by atoms with Crippen molar-refractivity contribution in [1.29, 1.82) is 0 Å². The molecule has 1 aliphatic carbocycles. The van der Waals surface area contributed by atoms with Gasteiger partial charge >= 0.3 is 6.16 Å². The van der Waals surface area contributed by atoms with E-state index in [1.807, 2.05) is 0 Å². The van der Waals surface area contributed by atoms with Crippen LogP contribution < -0.4 is 10.3 Å². The zero-order chi connectivity index (χ0) is 13.9. The van der Waals surface area contributed by atoms with Gasteiger partial charge in [-0.25, -0.2) is 14.9 Å². The largest absolute Gasteiger partial charge is 0.515 e. The Hall–Kier alpha value is -2.38. The molecule has 8 heteroatoms. The highest BCUT2D eigenvalue weighted by molar-refractivity contribution is 5.80. The van der Waals surface area contributed by atoms with Crippen molar-refractivity contribution in [1.82, 2.24) is 20.2 Å². The maximum atomic E-state index is 11.7. The Morgan fingerprint density at radius 2 is 2.10 bits per heavy atom. The average molecular weight is 278 g/mol. The molecule has 106 valence electrons. The lowest BCUT2D eigenvalue weighted by Gasteiger charge is -2.20. The Morgan fingerprint density at radius 1 is 1.30 bits per heavy atom. The third-order valence-electron chi connectivity index (χ3n) is 3.32. The van der Waals surface area contributed by atoms with Gasteiger partial charge in [0.15, 0.2) is 5.52 Å². The highest BCUT2D eigenvalue weighted by atomic mass is 16.7. The van der Waals surface area contributed by atoms with Crippen molar-refractivity contribution in [3.63, 3.8) is 0 Å². The molecule has 3 rings (SSSR count). The number of carbonyl (C=O) groups excluding carboxylic acids is 1. The molecule has 0 aromatic carbocycles. The van der Waals surface area contributed by atoms with Crippen molar-refractivity contribution in [3.8, 4) is 5.88 Å². The van der Waals surface area contributed by atoms with Crippen molar-refractivity contribution >= 4 is 17.2 Å². The van der Waals surface area contributed by atoms with E-state index in [0.717, 1.165) is 25.7 Å². The van der Waals surface area contributed by atoms with Crippen LogP contribution in [0.15, 0.2) is 11.1 Å². The van der Waals surface area contributed by atoms with Crippen molar-refractivity contribution < 1.29 is 14.3 Å². The molecule has 0 amide bonds. The van der Waals surface area contributed by atoms with E-state index in [0.29, 0.717) is 0 Å². The van der Waals surface area contributed by atoms with Crippen LogP contribution in [0, 0.1) is 0 Å². The van der Waals surface area contributed by atoms with E-state index in [9.17, 15) is 9.59 Å². The van der Waals surface area contributed by atoms with E-state index < -0.39 is 11.7 Å². The van der Waals surface area contributed by atoms with Crippen LogP contribution in [0.25, 0.3) is 11.0 Å². The average Bonchev–Trinajstić information content (AvgIpc) is 2.93. The van der Waals surface area contributed by atoms with E-state index in [4.69, 9.17) is 9.47 Å². The fraction of sp³-hybridized carbons (Fsp3) is 0.500. The van der Waals surface area contributed by atoms with Gasteiger partial charge in [0.2, 0.25) is 0 Å². The summed E-state index contributed by atoms with van der Waals surface area (Å²) in [6.07, 6.45) is 5.41. The summed E-state index contributed by atoms with van der Waals surface area (Å²) in [6.45, 7) is 0. The van der Waals surface area contributed by atoms with Crippen molar-refractivity contribution in [2.24, 2.45) is 0 Å². The van der Waals surface area contributed by atoms with E-state index in [1.165, 1.54) is 12.7 Å². The van der Waals surface area contributed by atoms with Crippen LogP contribution in [0.5, 0.6) is 5.88 Å². The molecule has 2 aromatic rings. The highest BCUT2D eigenvalue weighted by Crippen LogP contribution is 2.22. The molecule has 0 unspecified atom stereocenters. The number of aromatic nitrogens is 4. The predicted octanol–water partition coefficient (Wildman–Crippen LogP) is 1.49. The molecule has 0 atom stereocenters. The molecule has 0 spiro atoms. The lowest BCUT2D eigenvalue weighted by Crippen LogP contribution is -2.23. The first-order valence-electron chi connectivity index (χ1n) is 6.54. The molecule has 20 heavy (non-hydrogen) atoms. The summed E-state index contributed by atoms with van der Waals surface area (Å²) in [5.74, 6) is -0.0436. The van der Waals surface area contributed by atoms with Gasteiger partial charge in [0.05, 0.1) is 6.33 Å². The number of imidazole rings is 1. The first-order chi connectivity index (χ1) is 9.74. The monoisotopic (exact) mass is 278 g/mol. The minimum absolute atomic E-state index is 0.0436. The number of hydrogen-bond donors (Lipinski definition) is 2. The maximum Gasteiger partial charge on any atom is 0.515 e. The summed E-state index contributed by atoms with van der Waals surface area (Å²) in [4.78, 5) is 29.7. The van der Waals surface area contributed by atoms with Gasteiger partial charge in [-0.1, -0.05) is 6.42 Å². The molecular weight excluding hydrogens is 264 g/mol. The number of H-pyrrole nitrogens is 2. The number of rotatable bonds is 2. The van der Waals surface area contributed by atoms with Crippen molar-refractivity contribution in [3.05, 3.63) is 16.7 Å². The Bertz CT molecular complexity index is 671. The molecular formula is C12H14N4O4. The topological polar surface area (TPSA) is 110 Å². The Labute approximate surface area is 113 Å². The molecule has 1 fully saturated rings. The predicted molar refractivity (Wildman–Crippen MR) is 68.5 cm³/mol. The Kier molecular flexibility index (Phi) is 3.36. The molecule has 2 aromatic heterocycles. The number of nitrogens with zero attached hydrogens (tertiary/aromatic N) is 2. The normalized spacial score (nSPS) is 16.2. The number of hydrogen-bond acceptors (Lipinski definition) is 6. The van der Waals surface area contributed by atoms with Gasteiger partial charge in [-0.15, -0.1) is 5.10 Å². The molecule has 0 saturated heterocycles. The summed E-state index contributed by atoms with van der Waals surface area (Å²) >= 11 is 0. The van der Waals surface area contributed by atoms with Gasteiger partial charge in [-0.05, 0) is 25.7 Å². The number of aromatic amines is 2. The third-order valence-corrected chi connectivity index (χ3v) is 3.32. The molecule has 2 heterocycles. The lowest BCUT2D eigenvalue weighted by molar-refractivity contribution is 0.0408. The molecule has 0 radical (unpaired) electrons. The second-order valence-electron chi connectivity index (χ2n) is 4.71. The van der Waals surface area contributed by atoms with E-state index in [-0.39, 0.29) is 23.0 Å². The SMILES string of the molecule is O=C(Oc1n[nH]c(=O)c2nc[nH]c12)OC1CCCCC1. The van der Waals surface area contributed by atoms with E-state index >= 15 is 0 Å². The lowest BCUT2D eigenvalue weighted by atomic mass is 9.98. The molecule has 2 N–H and O–H groups in total. The summed E-state index contributed by atoms with van der Waals surface area (Å²) in [7, 11) is 0. The summed E-state index contributed by atoms with van der Waals surface area (Å²) < 4.78 is 10.3. The van der Waals surface area contributed by atoms with Crippen LogP contribution >= 0.6 is 0 Å².